The van der Waals surface area contributed by atoms with Gasteiger partial charge in [-0.1, -0.05) is 36.4 Å². The van der Waals surface area contributed by atoms with Gasteiger partial charge in [0.25, 0.3) is 4.91 Å². The van der Waals surface area contributed by atoms with E-state index < -0.39 is 0 Å². The predicted octanol–water partition coefficient (Wildman–Crippen LogP) is 4.54. The van der Waals surface area contributed by atoms with Crippen molar-refractivity contribution >= 4 is 10.9 Å². The number of hydrogen-bond acceptors (Lipinski definition) is 0. The molecule has 1 heteroatoms. The van der Waals surface area contributed by atoms with Crippen molar-refractivity contribution in [3.8, 4) is 0 Å². The summed E-state index contributed by atoms with van der Waals surface area (Å²) in [6.45, 7) is 0. The van der Waals surface area contributed by atoms with E-state index in [9.17, 15) is 0 Å². The molecule has 0 atom stereocenters. The molecule has 0 aliphatic heterocycles. The third-order valence-electron chi connectivity index (χ3n) is 2.88. The Kier molecular flexibility index (Phi) is 3.60. The van der Waals surface area contributed by atoms with Crippen LogP contribution in [-0.2, 0) is 10.9 Å². The van der Waals surface area contributed by atoms with Crippen molar-refractivity contribution in [3.05, 3.63) is 95.9 Å². The number of hydrogen-bond donors (Lipinski definition) is 0. The van der Waals surface area contributed by atoms with Crippen molar-refractivity contribution in [2.24, 2.45) is 0 Å². The molecule has 2 aromatic carbocycles. The SMILES string of the molecule is [C+]1=CC=C([S+](c2ccccc2)c2ccccc2)C=C1. The molecule has 2 aromatic rings. The van der Waals surface area contributed by atoms with E-state index in [2.05, 4.69) is 78.9 Å². The molecule has 0 amide bonds. The first-order valence-electron chi connectivity index (χ1n) is 6.26. The average Bonchev–Trinajstić information content (AvgIpc) is 2.51. The zero-order valence-corrected chi connectivity index (χ0v) is 11.3. The molecule has 1 aliphatic rings. The van der Waals surface area contributed by atoms with Crippen molar-refractivity contribution in [1.82, 2.24) is 0 Å². The molecule has 0 spiro atoms. The average molecular weight is 262 g/mol. The molecule has 0 radical (unpaired) electrons. The van der Waals surface area contributed by atoms with Gasteiger partial charge >= 0.3 is 0 Å². The molecule has 0 unspecified atom stereocenters. The lowest BCUT2D eigenvalue weighted by atomic mass is 10.3. The van der Waals surface area contributed by atoms with Gasteiger partial charge in [-0.25, -0.2) is 0 Å². The summed E-state index contributed by atoms with van der Waals surface area (Å²) < 4.78 is 0. The van der Waals surface area contributed by atoms with Gasteiger partial charge in [0.05, 0.1) is 0 Å². The highest BCUT2D eigenvalue weighted by Crippen LogP contribution is 2.31. The first kappa shape index (κ1) is 12.0. The Labute approximate surface area is 117 Å². The molecule has 0 fully saturated rings. The van der Waals surface area contributed by atoms with Gasteiger partial charge in [-0.15, -0.1) is 0 Å². The Balaban J connectivity index is 2.09. The summed E-state index contributed by atoms with van der Waals surface area (Å²) >= 11 is 0. The van der Waals surface area contributed by atoms with Crippen molar-refractivity contribution < 1.29 is 0 Å². The largest absolute Gasteiger partial charge is 0.272 e. The number of rotatable bonds is 3. The molecule has 0 bridgehead atoms. The van der Waals surface area contributed by atoms with Crippen LogP contribution in [0, 0.1) is 6.08 Å². The zero-order valence-electron chi connectivity index (χ0n) is 10.5. The Morgan fingerprint density at radius 1 is 0.737 bits per heavy atom. The molecule has 3 rings (SSSR count). The van der Waals surface area contributed by atoms with Crippen molar-refractivity contribution in [2.75, 3.05) is 0 Å². The third kappa shape index (κ3) is 2.68. The zero-order chi connectivity index (χ0) is 12.9. The Morgan fingerprint density at radius 3 is 1.79 bits per heavy atom. The molecular weight excluding hydrogens is 248 g/mol. The smallest absolute Gasteiger partial charge is 0.0619 e. The van der Waals surface area contributed by atoms with Gasteiger partial charge in [-0.2, -0.15) is 0 Å². The van der Waals surface area contributed by atoms with E-state index >= 15 is 0 Å². The summed E-state index contributed by atoms with van der Waals surface area (Å²) in [6.07, 6.45) is 11.4. The van der Waals surface area contributed by atoms with Crippen LogP contribution in [0.5, 0.6) is 0 Å². The molecule has 0 nitrogen and oxygen atoms in total. The van der Waals surface area contributed by atoms with Crippen molar-refractivity contribution in [1.29, 1.82) is 0 Å². The second kappa shape index (κ2) is 5.71. The van der Waals surface area contributed by atoms with E-state index in [-0.39, 0.29) is 10.9 Å². The summed E-state index contributed by atoms with van der Waals surface area (Å²) in [5.41, 5.74) is 0. The number of benzene rings is 2. The highest BCUT2D eigenvalue weighted by molar-refractivity contribution is 8.00. The fourth-order valence-corrected chi connectivity index (χ4v) is 4.11. The van der Waals surface area contributed by atoms with E-state index in [1.807, 2.05) is 12.2 Å². The van der Waals surface area contributed by atoms with Gasteiger partial charge < -0.3 is 0 Å². The van der Waals surface area contributed by atoms with Crippen LogP contribution in [0.3, 0.4) is 0 Å². The quantitative estimate of drug-likeness (QED) is 0.563. The molecule has 19 heavy (non-hydrogen) atoms. The highest BCUT2D eigenvalue weighted by Gasteiger charge is 2.33. The Bertz CT molecular complexity index is 582. The monoisotopic (exact) mass is 262 g/mol. The van der Waals surface area contributed by atoms with Crippen LogP contribution in [0.15, 0.2) is 99.7 Å². The molecule has 0 saturated carbocycles. The standard InChI is InChI=1S/C18H14S/c1-4-10-16(11-5-1)19(17-12-6-2-7-13-17)18-14-8-3-9-15-18/h1-2,4-15H/q+2. The van der Waals surface area contributed by atoms with Crippen LogP contribution in [-0.4, -0.2) is 0 Å². The molecule has 0 saturated heterocycles. The maximum atomic E-state index is 3.10. The van der Waals surface area contributed by atoms with Crippen LogP contribution in [0.1, 0.15) is 0 Å². The topological polar surface area (TPSA) is 0 Å². The molecule has 0 heterocycles. The minimum atomic E-state index is -0.0346. The lowest BCUT2D eigenvalue weighted by molar-refractivity contribution is 1.38. The summed E-state index contributed by atoms with van der Waals surface area (Å²) in [5.74, 6) is 0. The van der Waals surface area contributed by atoms with Gasteiger partial charge in [-0.05, 0) is 24.3 Å². The maximum Gasteiger partial charge on any atom is 0.272 e. The van der Waals surface area contributed by atoms with Gasteiger partial charge in [0.2, 0.25) is 0 Å². The lowest BCUT2D eigenvalue weighted by Gasteiger charge is -2.05. The second-order valence-corrected chi connectivity index (χ2v) is 6.19. The van der Waals surface area contributed by atoms with Crippen LogP contribution in [0.25, 0.3) is 0 Å². The van der Waals surface area contributed by atoms with Crippen LogP contribution >= 0.6 is 0 Å². The van der Waals surface area contributed by atoms with Gasteiger partial charge in [-0.3, -0.25) is 0 Å². The van der Waals surface area contributed by atoms with Crippen molar-refractivity contribution in [2.45, 2.75) is 9.79 Å². The van der Waals surface area contributed by atoms with Crippen molar-refractivity contribution in [3.63, 3.8) is 0 Å². The second-order valence-electron chi connectivity index (χ2n) is 4.17. The minimum absolute atomic E-state index is 0.0346. The Morgan fingerprint density at radius 2 is 1.32 bits per heavy atom. The first-order valence-corrected chi connectivity index (χ1v) is 7.48. The maximum absolute atomic E-state index is 3.10. The van der Waals surface area contributed by atoms with Crippen LogP contribution < -0.4 is 0 Å². The van der Waals surface area contributed by atoms with E-state index in [0.717, 1.165) is 0 Å². The first-order chi connectivity index (χ1) is 9.45. The molecule has 90 valence electrons. The number of allylic oxidation sites excluding steroid dienone is 5. The predicted molar refractivity (Wildman–Crippen MR) is 81.8 cm³/mol. The molecule has 1 aliphatic carbocycles. The fraction of sp³-hybridized carbons (Fsp3) is 0. The van der Waals surface area contributed by atoms with Gasteiger partial charge in [0.1, 0.15) is 35.2 Å². The molecule has 0 N–H and O–H groups in total. The summed E-state index contributed by atoms with van der Waals surface area (Å²) in [5, 5.41) is 0. The fourth-order valence-electron chi connectivity index (χ4n) is 2.03. The summed E-state index contributed by atoms with van der Waals surface area (Å²) in [4.78, 5) is 4.02. The lowest BCUT2D eigenvalue weighted by Crippen LogP contribution is -2.06. The van der Waals surface area contributed by atoms with E-state index in [4.69, 9.17) is 0 Å². The molecule has 0 aromatic heterocycles. The minimum Gasteiger partial charge on any atom is -0.0619 e. The van der Waals surface area contributed by atoms with E-state index in [1.165, 1.54) is 14.7 Å². The highest BCUT2D eigenvalue weighted by atomic mass is 32.2. The van der Waals surface area contributed by atoms with E-state index in [1.54, 1.807) is 0 Å². The summed E-state index contributed by atoms with van der Waals surface area (Å²) in [6, 6.07) is 21.4. The summed E-state index contributed by atoms with van der Waals surface area (Å²) in [7, 11) is -0.0346. The Hall–Kier alpha value is -2.08. The van der Waals surface area contributed by atoms with Gasteiger partial charge in [0, 0.05) is 6.08 Å². The third-order valence-corrected chi connectivity index (χ3v) is 5.11. The molecular formula is C18H14S+2. The van der Waals surface area contributed by atoms with E-state index in [0.29, 0.717) is 0 Å². The normalized spacial score (nSPS) is 13.2. The van der Waals surface area contributed by atoms with Crippen LogP contribution in [0.4, 0.5) is 0 Å². The van der Waals surface area contributed by atoms with Gasteiger partial charge in [0.15, 0.2) is 9.79 Å². The van der Waals surface area contributed by atoms with Crippen LogP contribution in [0.2, 0.25) is 0 Å².